The van der Waals surface area contributed by atoms with E-state index in [0.29, 0.717) is 34.5 Å². The van der Waals surface area contributed by atoms with E-state index >= 15 is 0 Å². The number of ketones is 1. The molecule has 0 fully saturated rings. The smallest absolute Gasteiger partial charge is 0.254 e. The Balaban J connectivity index is 2.00. The number of halogens is 2. The van der Waals surface area contributed by atoms with Crippen molar-refractivity contribution in [2.75, 3.05) is 6.54 Å². The third kappa shape index (κ3) is 4.19. The predicted molar refractivity (Wildman–Crippen MR) is 106 cm³/mol. The Labute approximate surface area is 168 Å². The minimum atomic E-state index is -0.935. The van der Waals surface area contributed by atoms with Gasteiger partial charge in [-0.2, -0.15) is 0 Å². The fraction of sp³-hybridized carbons (Fsp3) is 0.273. The number of allylic oxidation sites excluding steroid dienone is 1. The Hall–Kier alpha value is -3.06. The highest BCUT2D eigenvalue weighted by molar-refractivity contribution is 6.21. The van der Waals surface area contributed by atoms with E-state index in [1.54, 1.807) is 24.1 Å². The van der Waals surface area contributed by atoms with E-state index < -0.39 is 23.6 Å². The molecule has 1 aliphatic heterocycles. The van der Waals surface area contributed by atoms with Crippen LogP contribution in [0.4, 0.5) is 8.78 Å². The van der Waals surface area contributed by atoms with Crippen molar-refractivity contribution in [2.24, 2.45) is 0 Å². The average Bonchev–Trinajstić information content (AvgIpc) is 2.68. The molecule has 2 N–H and O–H groups in total. The van der Waals surface area contributed by atoms with E-state index in [-0.39, 0.29) is 12.3 Å². The number of fused-ring (bicyclic) bond motifs is 1. The SMILES string of the molecule is CCNN1Cc2c(F)cccc2C(C(=O)N[C@H](C(C)=O)c2ccc(F)cc2)=C1C. The summed E-state index contributed by atoms with van der Waals surface area (Å²) in [6.45, 7) is 5.92. The molecule has 2 aromatic carbocycles. The van der Waals surface area contributed by atoms with Gasteiger partial charge in [0.25, 0.3) is 5.91 Å². The highest BCUT2D eigenvalue weighted by atomic mass is 19.1. The molecule has 1 atom stereocenters. The number of benzene rings is 2. The van der Waals surface area contributed by atoms with Gasteiger partial charge in [0.05, 0.1) is 12.1 Å². The van der Waals surface area contributed by atoms with Crippen LogP contribution in [0.25, 0.3) is 5.57 Å². The molecule has 5 nitrogen and oxygen atoms in total. The lowest BCUT2D eigenvalue weighted by molar-refractivity contribution is -0.124. The highest BCUT2D eigenvalue weighted by Gasteiger charge is 2.30. The van der Waals surface area contributed by atoms with E-state index in [0.717, 1.165) is 0 Å². The van der Waals surface area contributed by atoms with Crippen LogP contribution in [0.2, 0.25) is 0 Å². The first-order valence-electron chi connectivity index (χ1n) is 9.40. The maximum Gasteiger partial charge on any atom is 0.254 e. The number of nitrogens with zero attached hydrogens (tertiary/aromatic N) is 1. The summed E-state index contributed by atoms with van der Waals surface area (Å²) in [7, 11) is 0. The molecule has 0 unspecified atom stereocenters. The van der Waals surface area contributed by atoms with Crippen LogP contribution >= 0.6 is 0 Å². The monoisotopic (exact) mass is 399 g/mol. The number of carbonyl (C=O) groups is 2. The molecule has 7 heteroatoms. The van der Waals surface area contributed by atoms with Gasteiger partial charge in [0.1, 0.15) is 17.7 Å². The summed E-state index contributed by atoms with van der Waals surface area (Å²) in [5.41, 5.74) is 5.42. The molecule has 0 saturated carbocycles. The van der Waals surface area contributed by atoms with Crippen molar-refractivity contribution < 1.29 is 18.4 Å². The lowest BCUT2D eigenvalue weighted by Gasteiger charge is -2.33. The number of rotatable bonds is 6. The Kier molecular flexibility index (Phi) is 6.08. The van der Waals surface area contributed by atoms with Crippen LogP contribution < -0.4 is 10.7 Å². The first-order chi connectivity index (χ1) is 13.8. The van der Waals surface area contributed by atoms with E-state index in [2.05, 4.69) is 10.7 Å². The Morgan fingerprint density at radius 2 is 1.83 bits per heavy atom. The fourth-order valence-corrected chi connectivity index (χ4v) is 3.49. The third-order valence-electron chi connectivity index (χ3n) is 4.93. The molecule has 0 aliphatic carbocycles. The molecule has 0 radical (unpaired) electrons. The zero-order valence-corrected chi connectivity index (χ0v) is 16.6. The van der Waals surface area contributed by atoms with E-state index in [9.17, 15) is 18.4 Å². The van der Waals surface area contributed by atoms with Gasteiger partial charge in [0.2, 0.25) is 0 Å². The normalized spacial score (nSPS) is 14.4. The number of hydrogen-bond donors (Lipinski definition) is 2. The molecule has 3 rings (SSSR count). The average molecular weight is 399 g/mol. The molecule has 152 valence electrons. The maximum absolute atomic E-state index is 14.4. The van der Waals surface area contributed by atoms with E-state index in [1.165, 1.54) is 37.3 Å². The number of Topliss-reactive ketones (excluding diaryl/α,β-unsaturated/α-hetero) is 1. The lowest BCUT2D eigenvalue weighted by Crippen LogP contribution is -2.42. The van der Waals surface area contributed by atoms with Gasteiger partial charge in [-0.05, 0) is 43.2 Å². The Morgan fingerprint density at radius 1 is 1.14 bits per heavy atom. The number of nitrogens with one attached hydrogen (secondary N) is 2. The van der Waals surface area contributed by atoms with E-state index in [4.69, 9.17) is 0 Å². The van der Waals surface area contributed by atoms with Crippen molar-refractivity contribution in [3.63, 3.8) is 0 Å². The zero-order chi connectivity index (χ0) is 21.1. The van der Waals surface area contributed by atoms with E-state index in [1.807, 2.05) is 6.92 Å². The first kappa shape index (κ1) is 20.7. The molecular weight excluding hydrogens is 376 g/mol. The number of carbonyl (C=O) groups excluding carboxylic acids is 2. The van der Waals surface area contributed by atoms with Crippen LogP contribution in [0, 0.1) is 11.6 Å². The molecule has 1 aliphatic rings. The highest BCUT2D eigenvalue weighted by Crippen LogP contribution is 2.33. The van der Waals surface area contributed by atoms with Crippen molar-refractivity contribution in [2.45, 2.75) is 33.4 Å². The summed E-state index contributed by atoms with van der Waals surface area (Å²) >= 11 is 0. The summed E-state index contributed by atoms with van der Waals surface area (Å²) in [5.74, 6) is -1.62. The van der Waals surface area contributed by atoms with Gasteiger partial charge in [-0.1, -0.05) is 31.2 Å². The van der Waals surface area contributed by atoms with Gasteiger partial charge >= 0.3 is 0 Å². The summed E-state index contributed by atoms with van der Waals surface area (Å²) in [4.78, 5) is 25.4. The van der Waals surface area contributed by atoms with Crippen LogP contribution in [0.3, 0.4) is 0 Å². The van der Waals surface area contributed by atoms with Crippen molar-refractivity contribution in [1.29, 1.82) is 0 Å². The van der Waals surface area contributed by atoms with Crippen LogP contribution in [0.15, 0.2) is 48.2 Å². The fourth-order valence-electron chi connectivity index (χ4n) is 3.49. The molecule has 0 spiro atoms. The van der Waals surface area contributed by atoms with Gasteiger partial charge in [0.15, 0.2) is 5.78 Å². The predicted octanol–water partition coefficient (Wildman–Crippen LogP) is 3.48. The second kappa shape index (κ2) is 8.53. The van der Waals surface area contributed by atoms with Gasteiger partial charge < -0.3 is 10.3 Å². The molecule has 0 saturated heterocycles. The largest absolute Gasteiger partial charge is 0.338 e. The van der Waals surface area contributed by atoms with Gasteiger partial charge in [0, 0.05) is 17.8 Å². The summed E-state index contributed by atoms with van der Waals surface area (Å²) < 4.78 is 27.7. The summed E-state index contributed by atoms with van der Waals surface area (Å²) in [6.07, 6.45) is 0. The van der Waals surface area contributed by atoms with Crippen molar-refractivity contribution in [1.82, 2.24) is 15.8 Å². The molecule has 1 amide bonds. The molecule has 0 bridgehead atoms. The quantitative estimate of drug-likeness (QED) is 0.781. The van der Waals surface area contributed by atoms with Gasteiger partial charge in [-0.3, -0.25) is 9.59 Å². The topological polar surface area (TPSA) is 61.4 Å². The Bertz CT molecular complexity index is 971. The van der Waals surface area contributed by atoms with Crippen LogP contribution in [-0.4, -0.2) is 23.2 Å². The van der Waals surface area contributed by atoms with Crippen LogP contribution in [-0.2, 0) is 16.1 Å². The standard InChI is InChI=1S/C22H23F2N3O2/c1-4-25-27-12-18-17(6-5-7-19(18)24)20(13(27)2)22(29)26-21(14(3)28)15-8-10-16(23)11-9-15/h5-11,21,25H,4,12H2,1-3H3,(H,26,29)/t21-/m1/s1. The number of amides is 1. The van der Waals surface area contributed by atoms with Crippen molar-refractivity contribution in [3.8, 4) is 0 Å². The zero-order valence-electron chi connectivity index (χ0n) is 16.6. The molecule has 0 aromatic heterocycles. The molecular formula is C22H23F2N3O2. The number of hydrazine groups is 1. The third-order valence-corrected chi connectivity index (χ3v) is 4.93. The second-order valence-electron chi connectivity index (χ2n) is 6.89. The van der Waals surface area contributed by atoms with Crippen molar-refractivity contribution >= 4 is 17.3 Å². The van der Waals surface area contributed by atoms with Gasteiger partial charge in [-0.15, -0.1) is 0 Å². The van der Waals surface area contributed by atoms with Crippen LogP contribution in [0.5, 0.6) is 0 Å². The lowest BCUT2D eigenvalue weighted by atomic mass is 9.92. The molecule has 1 heterocycles. The minimum absolute atomic E-state index is 0.284. The minimum Gasteiger partial charge on any atom is -0.338 e. The maximum atomic E-state index is 14.4. The second-order valence-corrected chi connectivity index (χ2v) is 6.89. The number of hydrogen-bond acceptors (Lipinski definition) is 4. The van der Waals surface area contributed by atoms with Gasteiger partial charge in [-0.25, -0.2) is 14.2 Å². The summed E-state index contributed by atoms with van der Waals surface area (Å²) in [6, 6.07) is 9.07. The Morgan fingerprint density at radius 3 is 2.45 bits per heavy atom. The summed E-state index contributed by atoms with van der Waals surface area (Å²) in [5, 5.41) is 4.45. The molecule has 29 heavy (non-hydrogen) atoms. The van der Waals surface area contributed by atoms with Crippen LogP contribution in [0.1, 0.15) is 43.5 Å². The first-order valence-corrected chi connectivity index (χ1v) is 9.40. The van der Waals surface area contributed by atoms with Crippen molar-refractivity contribution in [3.05, 3.63) is 76.5 Å². The molecule has 2 aromatic rings.